The zero-order chi connectivity index (χ0) is 25.4. The van der Waals surface area contributed by atoms with E-state index in [2.05, 4.69) is 63.6 Å². The van der Waals surface area contributed by atoms with Crippen LogP contribution in [0.1, 0.15) is 18.2 Å². The first-order valence-corrected chi connectivity index (χ1v) is 13.9. The molecule has 7 nitrogen and oxygen atoms in total. The Morgan fingerprint density at radius 1 is 1.03 bits per heavy atom. The third kappa shape index (κ3) is 4.52. The van der Waals surface area contributed by atoms with Gasteiger partial charge in [-0.1, -0.05) is 47.6 Å². The van der Waals surface area contributed by atoms with E-state index in [4.69, 9.17) is 10.1 Å². The molecular formula is C28H24N6OS2. The van der Waals surface area contributed by atoms with Gasteiger partial charge < -0.3 is 10.0 Å². The smallest absolute Gasteiger partial charge is 0.223 e. The van der Waals surface area contributed by atoms with Crippen LogP contribution in [0.4, 0.5) is 10.8 Å². The second kappa shape index (κ2) is 9.84. The molecule has 2 N–H and O–H groups in total. The third-order valence-electron chi connectivity index (χ3n) is 6.25. The maximum absolute atomic E-state index is 11.7. The number of aromatic nitrogens is 4. The first-order chi connectivity index (χ1) is 18.1. The molecule has 0 aliphatic heterocycles. The number of pyridine rings is 1. The summed E-state index contributed by atoms with van der Waals surface area (Å²) in [5.41, 5.74) is 9.41. The minimum absolute atomic E-state index is 0.123. The molecule has 0 bridgehead atoms. The molecule has 2 aromatic carbocycles. The maximum Gasteiger partial charge on any atom is 0.223 e. The summed E-state index contributed by atoms with van der Waals surface area (Å²) in [6.07, 6.45) is 7.26. The molecule has 3 heterocycles. The average Bonchev–Trinajstić information content (AvgIpc) is 3.50. The molecule has 5 aromatic rings. The Labute approximate surface area is 223 Å². The van der Waals surface area contributed by atoms with Crippen molar-refractivity contribution in [2.75, 3.05) is 16.3 Å². The summed E-state index contributed by atoms with van der Waals surface area (Å²) >= 11 is 3.08. The van der Waals surface area contributed by atoms with Gasteiger partial charge in [-0.2, -0.15) is 5.10 Å². The summed E-state index contributed by atoms with van der Waals surface area (Å²) in [5, 5.41) is 8.61. The molecule has 3 aromatic heterocycles. The number of anilines is 2. The number of benzene rings is 2. The molecule has 184 valence electrons. The topological polar surface area (TPSA) is 84.7 Å². The third-order valence-corrected chi connectivity index (χ3v) is 7.71. The Morgan fingerprint density at radius 3 is 2.62 bits per heavy atom. The molecule has 0 saturated heterocycles. The van der Waals surface area contributed by atoms with Gasteiger partial charge in [0.1, 0.15) is 0 Å². The van der Waals surface area contributed by atoms with Gasteiger partial charge in [0.2, 0.25) is 5.91 Å². The normalized spacial score (nSPS) is 12.1. The van der Waals surface area contributed by atoms with Crippen LogP contribution in [0.2, 0.25) is 0 Å². The predicted octanol–water partition coefficient (Wildman–Crippen LogP) is 6.47. The van der Waals surface area contributed by atoms with E-state index >= 15 is 0 Å². The number of aryl methyl sites for hydroxylation is 1. The average molecular weight is 525 g/mol. The minimum atomic E-state index is -0.123. The van der Waals surface area contributed by atoms with Crippen LogP contribution in [0.25, 0.3) is 38.6 Å². The number of rotatable bonds is 6. The molecule has 0 unspecified atom stereocenters. The lowest BCUT2D eigenvalue weighted by Crippen LogP contribution is -2.07. The fourth-order valence-corrected chi connectivity index (χ4v) is 6.15. The Kier molecular flexibility index (Phi) is 6.23. The number of nitrogens with zero attached hydrogens (tertiary/aromatic N) is 4. The Morgan fingerprint density at radius 2 is 1.86 bits per heavy atom. The summed E-state index contributed by atoms with van der Waals surface area (Å²) in [6, 6.07) is 20.8. The van der Waals surface area contributed by atoms with E-state index in [1.807, 2.05) is 29.3 Å². The fourth-order valence-electron chi connectivity index (χ4n) is 4.66. The van der Waals surface area contributed by atoms with Crippen molar-refractivity contribution in [2.24, 2.45) is 0 Å². The van der Waals surface area contributed by atoms with Gasteiger partial charge in [-0.3, -0.25) is 9.78 Å². The highest BCUT2D eigenvalue weighted by Gasteiger charge is 2.30. The number of fused-ring (bicyclic) bond motifs is 3. The molecule has 0 saturated carbocycles. The van der Waals surface area contributed by atoms with Gasteiger partial charge in [0, 0.05) is 42.4 Å². The Hall–Kier alpha value is -3.95. The number of nitrogens with one attached hydrogen (secondary N) is 2. The van der Waals surface area contributed by atoms with Crippen LogP contribution in [0.15, 0.2) is 73.1 Å². The number of carbonyl (C=O) groups excluding carboxylic acids is 1. The van der Waals surface area contributed by atoms with Crippen LogP contribution < -0.4 is 10.0 Å². The maximum atomic E-state index is 11.7. The van der Waals surface area contributed by atoms with Crippen molar-refractivity contribution < 1.29 is 4.79 Å². The van der Waals surface area contributed by atoms with Crippen molar-refractivity contribution in [1.82, 2.24) is 19.7 Å². The molecule has 37 heavy (non-hydrogen) atoms. The quantitative estimate of drug-likeness (QED) is 0.248. The van der Waals surface area contributed by atoms with Gasteiger partial charge in [-0.25, -0.2) is 9.67 Å². The van der Waals surface area contributed by atoms with Crippen molar-refractivity contribution in [3.8, 4) is 38.6 Å². The van der Waals surface area contributed by atoms with E-state index in [-0.39, 0.29) is 5.91 Å². The highest BCUT2D eigenvalue weighted by Crippen LogP contribution is 2.44. The largest absolute Gasteiger partial charge is 0.330 e. The summed E-state index contributed by atoms with van der Waals surface area (Å²) in [7, 11) is 0. The van der Waals surface area contributed by atoms with Crippen molar-refractivity contribution in [2.45, 2.75) is 19.8 Å². The molecule has 6 rings (SSSR count). The van der Waals surface area contributed by atoms with E-state index in [1.54, 1.807) is 18.1 Å². The number of carbonyl (C=O) groups is 1. The number of thiazole rings is 1. The van der Waals surface area contributed by atoms with E-state index in [0.29, 0.717) is 5.13 Å². The molecule has 1 amide bonds. The highest BCUT2D eigenvalue weighted by molar-refractivity contribution is 7.99. The van der Waals surface area contributed by atoms with Crippen molar-refractivity contribution in [1.29, 1.82) is 0 Å². The van der Waals surface area contributed by atoms with Crippen molar-refractivity contribution in [3.63, 3.8) is 0 Å². The minimum Gasteiger partial charge on any atom is -0.330 e. The molecule has 1 aliphatic rings. The number of hydrogen-bond acceptors (Lipinski definition) is 7. The van der Waals surface area contributed by atoms with Gasteiger partial charge in [0.15, 0.2) is 5.13 Å². The Balaban J connectivity index is 1.50. The van der Waals surface area contributed by atoms with E-state index in [1.165, 1.54) is 23.8 Å². The van der Waals surface area contributed by atoms with Crippen LogP contribution >= 0.6 is 23.3 Å². The van der Waals surface area contributed by atoms with Gasteiger partial charge in [-0.05, 0) is 60.4 Å². The van der Waals surface area contributed by atoms with Crippen LogP contribution in [-0.2, 0) is 17.6 Å². The van der Waals surface area contributed by atoms with Crippen LogP contribution in [0.5, 0.6) is 0 Å². The van der Waals surface area contributed by atoms with Crippen molar-refractivity contribution in [3.05, 3.63) is 84.3 Å². The lowest BCUT2D eigenvalue weighted by molar-refractivity contribution is -0.114. The summed E-state index contributed by atoms with van der Waals surface area (Å²) in [5.74, 6) is -0.123. The lowest BCUT2D eigenvalue weighted by atomic mass is 9.95. The number of amides is 1. The SMILES string of the molecule is CSNc1ccc(-c2cccc(-n3nc(-c4cccnc4)c4c3-c3sc(NC(C)=O)nc3CC4)c2)cc1. The van der Waals surface area contributed by atoms with Gasteiger partial charge in [-0.15, -0.1) is 0 Å². The van der Waals surface area contributed by atoms with E-state index in [0.717, 1.165) is 62.9 Å². The summed E-state index contributed by atoms with van der Waals surface area (Å²) < 4.78 is 5.29. The predicted molar refractivity (Wildman–Crippen MR) is 152 cm³/mol. The van der Waals surface area contributed by atoms with Gasteiger partial charge >= 0.3 is 0 Å². The molecule has 0 atom stereocenters. The highest BCUT2D eigenvalue weighted by atomic mass is 32.2. The van der Waals surface area contributed by atoms with Crippen molar-refractivity contribution >= 4 is 40.0 Å². The standard InChI is InChI=1S/C28H24N6OS2/c1-17(35)30-28-31-24-13-12-23-25(20-6-4-14-29-16-20)32-34(26(23)27(24)37-28)22-7-3-5-19(15-22)18-8-10-21(11-9-18)33-36-2/h3-11,14-16,33H,12-13H2,1-2H3,(H,30,31,35). The molecule has 0 radical (unpaired) electrons. The number of hydrogen-bond donors (Lipinski definition) is 2. The van der Waals surface area contributed by atoms with E-state index in [9.17, 15) is 4.79 Å². The van der Waals surface area contributed by atoms with Crippen LogP contribution in [0, 0.1) is 0 Å². The van der Waals surface area contributed by atoms with Crippen LogP contribution in [-0.4, -0.2) is 31.9 Å². The van der Waals surface area contributed by atoms with Gasteiger partial charge in [0.25, 0.3) is 0 Å². The first-order valence-electron chi connectivity index (χ1n) is 11.9. The molecule has 0 spiro atoms. The zero-order valence-electron chi connectivity index (χ0n) is 20.4. The summed E-state index contributed by atoms with van der Waals surface area (Å²) in [4.78, 5) is 21.8. The molecule has 9 heteroatoms. The second-order valence-corrected chi connectivity index (χ2v) is 10.4. The molecule has 1 aliphatic carbocycles. The first kappa shape index (κ1) is 23.4. The van der Waals surface area contributed by atoms with Gasteiger partial charge in [0.05, 0.1) is 27.6 Å². The Bertz CT molecular complexity index is 1590. The molecule has 0 fully saturated rings. The summed E-state index contributed by atoms with van der Waals surface area (Å²) in [6.45, 7) is 1.51. The van der Waals surface area contributed by atoms with E-state index < -0.39 is 0 Å². The molecular weight excluding hydrogens is 500 g/mol. The fraction of sp³-hybridized carbons (Fsp3) is 0.143. The lowest BCUT2D eigenvalue weighted by Gasteiger charge is -2.15. The monoisotopic (exact) mass is 524 g/mol. The van der Waals surface area contributed by atoms with Crippen LogP contribution in [0.3, 0.4) is 0 Å². The second-order valence-electron chi connectivity index (χ2n) is 8.74. The zero-order valence-corrected chi connectivity index (χ0v) is 22.0.